The molecule has 2 N–H and O–H groups in total. The maximum Gasteiger partial charge on any atom is 0.241 e. The Balaban J connectivity index is 1.86. The van der Waals surface area contributed by atoms with E-state index in [4.69, 9.17) is 11.6 Å². The minimum Gasteiger partial charge on any atom is -0.348 e. The van der Waals surface area contributed by atoms with Crippen LogP contribution in [-0.2, 0) is 21.2 Å². The van der Waals surface area contributed by atoms with Gasteiger partial charge in [0.1, 0.15) is 6.04 Å². The molecule has 5 nitrogen and oxygen atoms in total. The molecule has 0 saturated heterocycles. The highest BCUT2D eigenvalue weighted by atomic mass is 35.5. The van der Waals surface area contributed by atoms with E-state index in [1.807, 2.05) is 51.1 Å². The SMILES string of the molecule is Cc1cc(C)c([C@@H](C)NC(=O)[C@@H](Cc2ccccc2)NS(=O)(=O)c2ccc(Cl)cc2)cc1C. The summed E-state index contributed by atoms with van der Waals surface area (Å²) in [6, 6.07) is 18.1. The monoisotopic (exact) mass is 484 g/mol. The van der Waals surface area contributed by atoms with Crippen LogP contribution in [0.15, 0.2) is 71.6 Å². The highest BCUT2D eigenvalue weighted by molar-refractivity contribution is 7.89. The first-order chi connectivity index (χ1) is 15.6. The van der Waals surface area contributed by atoms with E-state index in [9.17, 15) is 13.2 Å². The summed E-state index contributed by atoms with van der Waals surface area (Å²) in [5.74, 6) is -0.387. The van der Waals surface area contributed by atoms with Crippen molar-refractivity contribution in [1.82, 2.24) is 10.0 Å². The number of rotatable bonds is 8. The maximum atomic E-state index is 13.3. The second-order valence-electron chi connectivity index (χ2n) is 8.34. The predicted octanol–water partition coefficient (Wildman–Crippen LogP) is 5.03. The Morgan fingerprint density at radius 2 is 1.52 bits per heavy atom. The molecular formula is C26H29ClN2O3S. The standard InChI is InChI=1S/C26H29ClN2O3S/c1-17-14-19(3)24(15-18(17)2)20(4)28-26(30)25(16-21-8-6-5-7-9-21)29-33(31,32)23-12-10-22(27)11-13-23/h5-15,20,25,29H,16H2,1-4H3,(H,28,30)/t20-,25-/m1/s1. The molecule has 1 amide bonds. The molecule has 3 rings (SSSR count). The number of benzene rings is 3. The van der Waals surface area contributed by atoms with Gasteiger partial charge in [-0.3, -0.25) is 4.79 Å². The summed E-state index contributed by atoms with van der Waals surface area (Å²) in [5.41, 5.74) is 5.26. The molecule has 7 heteroatoms. The normalized spacial score (nSPS) is 13.4. The summed E-state index contributed by atoms with van der Waals surface area (Å²) in [6.45, 7) is 8.00. The summed E-state index contributed by atoms with van der Waals surface area (Å²) >= 11 is 5.89. The number of amides is 1. The molecule has 2 atom stereocenters. The van der Waals surface area contributed by atoms with Crippen LogP contribution in [0, 0.1) is 20.8 Å². The first-order valence-corrected chi connectivity index (χ1v) is 12.6. The summed E-state index contributed by atoms with van der Waals surface area (Å²) in [7, 11) is -3.93. The Labute approximate surface area is 201 Å². The van der Waals surface area contributed by atoms with Gasteiger partial charge in [0.25, 0.3) is 0 Å². The second kappa shape index (κ2) is 10.5. The number of aryl methyl sites for hydroxylation is 3. The lowest BCUT2D eigenvalue weighted by Gasteiger charge is -2.23. The number of carbonyl (C=O) groups is 1. The minimum absolute atomic E-state index is 0.0517. The van der Waals surface area contributed by atoms with Crippen LogP contribution >= 0.6 is 11.6 Å². The van der Waals surface area contributed by atoms with E-state index >= 15 is 0 Å². The third-order valence-corrected chi connectivity index (χ3v) is 7.47. The third kappa shape index (κ3) is 6.44. The van der Waals surface area contributed by atoms with E-state index < -0.39 is 16.1 Å². The Hall–Kier alpha value is -2.67. The van der Waals surface area contributed by atoms with Crippen molar-refractivity contribution in [3.63, 3.8) is 0 Å². The van der Waals surface area contributed by atoms with Gasteiger partial charge in [-0.05, 0) is 86.2 Å². The molecule has 3 aromatic rings. The zero-order valence-corrected chi connectivity index (χ0v) is 20.8. The first-order valence-electron chi connectivity index (χ1n) is 10.8. The number of hydrogen-bond donors (Lipinski definition) is 2. The van der Waals surface area contributed by atoms with Crippen molar-refractivity contribution in [3.05, 3.63) is 99.6 Å². The van der Waals surface area contributed by atoms with Crippen LogP contribution in [0.25, 0.3) is 0 Å². The lowest BCUT2D eigenvalue weighted by molar-refractivity contribution is -0.123. The van der Waals surface area contributed by atoms with Gasteiger partial charge in [0.15, 0.2) is 0 Å². The van der Waals surface area contributed by atoms with Crippen LogP contribution in [0.1, 0.15) is 40.8 Å². The zero-order chi connectivity index (χ0) is 24.2. The van der Waals surface area contributed by atoms with E-state index in [0.29, 0.717) is 5.02 Å². The summed E-state index contributed by atoms with van der Waals surface area (Å²) in [4.78, 5) is 13.4. The molecule has 0 aliphatic heterocycles. The molecule has 174 valence electrons. The minimum atomic E-state index is -3.93. The van der Waals surface area contributed by atoms with Gasteiger partial charge in [0.05, 0.1) is 10.9 Å². The van der Waals surface area contributed by atoms with Gasteiger partial charge >= 0.3 is 0 Å². The highest BCUT2D eigenvalue weighted by Gasteiger charge is 2.27. The Morgan fingerprint density at radius 3 is 2.15 bits per heavy atom. The summed E-state index contributed by atoms with van der Waals surface area (Å²) in [6.07, 6.45) is 0.220. The molecule has 0 bridgehead atoms. The van der Waals surface area contributed by atoms with Crippen molar-refractivity contribution in [2.75, 3.05) is 0 Å². The van der Waals surface area contributed by atoms with E-state index in [1.54, 1.807) is 0 Å². The molecule has 0 aliphatic rings. The molecule has 33 heavy (non-hydrogen) atoms. The smallest absolute Gasteiger partial charge is 0.241 e. The molecule has 0 saturated carbocycles. The molecule has 0 unspecified atom stereocenters. The second-order valence-corrected chi connectivity index (χ2v) is 10.5. The van der Waals surface area contributed by atoms with Crippen molar-refractivity contribution in [3.8, 4) is 0 Å². The molecule has 0 heterocycles. The van der Waals surface area contributed by atoms with Crippen molar-refractivity contribution in [1.29, 1.82) is 0 Å². The fourth-order valence-corrected chi connectivity index (χ4v) is 5.07. The number of carbonyl (C=O) groups excluding carboxylic acids is 1. The highest BCUT2D eigenvalue weighted by Crippen LogP contribution is 2.22. The topological polar surface area (TPSA) is 75.3 Å². The fourth-order valence-electron chi connectivity index (χ4n) is 3.75. The number of sulfonamides is 1. The number of nitrogens with one attached hydrogen (secondary N) is 2. The maximum absolute atomic E-state index is 13.3. The quantitative estimate of drug-likeness (QED) is 0.470. The Morgan fingerprint density at radius 1 is 0.909 bits per heavy atom. The van der Waals surface area contributed by atoms with Gasteiger partial charge in [-0.15, -0.1) is 0 Å². The molecule has 0 spiro atoms. The zero-order valence-electron chi connectivity index (χ0n) is 19.2. The average Bonchev–Trinajstić information content (AvgIpc) is 2.76. The van der Waals surface area contributed by atoms with Crippen molar-refractivity contribution in [2.24, 2.45) is 0 Å². The predicted molar refractivity (Wildman–Crippen MR) is 133 cm³/mol. The van der Waals surface area contributed by atoms with Crippen LogP contribution in [0.4, 0.5) is 0 Å². The van der Waals surface area contributed by atoms with Gasteiger partial charge in [-0.25, -0.2) is 8.42 Å². The summed E-state index contributed by atoms with van der Waals surface area (Å²) in [5, 5.41) is 3.44. The molecule has 0 fully saturated rings. The average molecular weight is 485 g/mol. The van der Waals surface area contributed by atoms with Crippen LogP contribution in [0.5, 0.6) is 0 Å². The lowest BCUT2D eigenvalue weighted by Crippen LogP contribution is -2.48. The van der Waals surface area contributed by atoms with Gasteiger partial charge < -0.3 is 5.32 Å². The molecule has 0 aromatic heterocycles. The van der Waals surface area contributed by atoms with Crippen LogP contribution in [0.3, 0.4) is 0 Å². The Kier molecular flexibility index (Phi) is 7.95. The van der Waals surface area contributed by atoms with Crippen LogP contribution in [0.2, 0.25) is 5.02 Å². The lowest BCUT2D eigenvalue weighted by atomic mass is 9.96. The Bertz CT molecular complexity index is 1230. The third-order valence-electron chi connectivity index (χ3n) is 5.73. The van der Waals surface area contributed by atoms with E-state index in [-0.39, 0.29) is 23.3 Å². The molecular weight excluding hydrogens is 456 g/mol. The fraction of sp³-hybridized carbons (Fsp3) is 0.269. The van der Waals surface area contributed by atoms with Gasteiger partial charge in [-0.2, -0.15) is 4.72 Å². The van der Waals surface area contributed by atoms with E-state index in [0.717, 1.165) is 22.3 Å². The van der Waals surface area contributed by atoms with Crippen molar-refractivity contribution >= 4 is 27.5 Å². The van der Waals surface area contributed by atoms with Crippen LogP contribution < -0.4 is 10.0 Å². The number of halogens is 1. The number of hydrogen-bond acceptors (Lipinski definition) is 3. The van der Waals surface area contributed by atoms with Crippen LogP contribution in [-0.4, -0.2) is 20.4 Å². The molecule has 0 radical (unpaired) electrons. The van der Waals surface area contributed by atoms with Gasteiger partial charge in [-0.1, -0.05) is 54.1 Å². The largest absolute Gasteiger partial charge is 0.348 e. The van der Waals surface area contributed by atoms with E-state index in [2.05, 4.69) is 29.1 Å². The summed E-state index contributed by atoms with van der Waals surface area (Å²) < 4.78 is 28.6. The van der Waals surface area contributed by atoms with Crippen molar-refractivity contribution in [2.45, 2.75) is 51.1 Å². The first kappa shape index (κ1) is 25.0. The van der Waals surface area contributed by atoms with Crippen molar-refractivity contribution < 1.29 is 13.2 Å². The van der Waals surface area contributed by atoms with Gasteiger partial charge in [0.2, 0.25) is 15.9 Å². The molecule has 0 aliphatic carbocycles. The molecule has 3 aromatic carbocycles. The van der Waals surface area contributed by atoms with Gasteiger partial charge in [0, 0.05) is 5.02 Å². The van der Waals surface area contributed by atoms with E-state index in [1.165, 1.54) is 29.8 Å².